The van der Waals surface area contributed by atoms with Gasteiger partial charge in [-0.15, -0.1) is 0 Å². The predicted molar refractivity (Wildman–Crippen MR) is 62.3 cm³/mol. The van der Waals surface area contributed by atoms with Gasteiger partial charge in [-0.25, -0.2) is 9.78 Å². The zero-order valence-corrected chi connectivity index (χ0v) is 8.88. The summed E-state index contributed by atoms with van der Waals surface area (Å²) in [5, 5.41) is 10.6. The molecule has 2 heterocycles. The first-order valence-electron chi connectivity index (χ1n) is 5.21. The van der Waals surface area contributed by atoms with Crippen molar-refractivity contribution in [2.75, 3.05) is 6.61 Å². The molecule has 1 N–H and O–H groups in total. The van der Waals surface area contributed by atoms with E-state index in [9.17, 15) is 9.90 Å². The number of rotatable bonds is 1. The van der Waals surface area contributed by atoms with Gasteiger partial charge in [-0.05, 0) is 12.1 Å². The van der Waals surface area contributed by atoms with E-state index in [4.69, 9.17) is 4.74 Å². The minimum absolute atomic E-state index is 0.0576. The van der Waals surface area contributed by atoms with Crippen LogP contribution in [0.25, 0.3) is 16.5 Å². The van der Waals surface area contributed by atoms with Gasteiger partial charge in [0, 0.05) is 5.39 Å². The number of cyclic esters (lactones) is 1. The van der Waals surface area contributed by atoms with Crippen molar-refractivity contribution in [1.82, 2.24) is 4.98 Å². The third kappa shape index (κ3) is 1.54. The van der Waals surface area contributed by atoms with Crippen molar-refractivity contribution in [2.45, 2.75) is 0 Å². The maximum Gasteiger partial charge on any atom is 0.344 e. The molecule has 1 aromatic heterocycles. The Labute approximate surface area is 97.2 Å². The molecule has 0 aliphatic carbocycles. The van der Waals surface area contributed by atoms with Crippen molar-refractivity contribution in [2.24, 2.45) is 0 Å². The molecule has 17 heavy (non-hydrogen) atoms. The quantitative estimate of drug-likeness (QED) is 0.757. The summed E-state index contributed by atoms with van der Waals surface area (Å²) in [6.45, 7) is -0.0668. The van der Waals surface area contributed by atoms with Crippen molar-refractivity contribution in [1.29, 1.82) is 0 Å². The zero-order chi connectivity index (χ0) is 11.8. The van der Waals surface area contributed by atoms with E-state index >= 15 is 0 Å². The number of ether oxygens (including phenoxy) is 1. The smallest absolute Gasteiger partial charge is 0.344 e. The molecule has 2 aromatic rings. The standard InChI is InChI=1S/C13H9NO3/c15-11-7-17-13(16)12(11)10-6-5-8-3-1-2-4-9(8)14-10/h1-6,15H,7H2. The van der Waals surface area contributed by atoms with Crippen molar-refractivity contribution in [3.8, 4) is 0 Å². The third-order valence-corrected chi connectivity index (χ3v) is 2.69. The van der Waals surface area contributed by atoms with Crippen LogP contribution in [0.1, 0.15) is 5.69 Å². The van der Waals surface area contributed by atoms with Gasteiger partial charge in [-0.2, -0.15) is 0 Å². The highest BCUT2D eigenvalue weighted by Gasteiger charge is 2.27. The number of aliphatic hydroxyl groups excluding tert-OH is 1. The van der Waals surface area contributed by atoms with Crippen LogP contribution in [0.4, 0.5) is 0 Å². The van der Waals surface area contributed by atoms with Crippen LogP contribution in [-0.4, -0.2) is 22.7 Å². The molecule has 4 heteroatoms. The lowest BCUT2D eigenvalue weighted by Crippen LogP contribution is -2.00. The van der Waals surface area contributed by atoms with E-state index in [1.165, 1.54) is 0 Å². The molecule has 0 saturated heterocycles. The summed E-state index contributed by atoms with van der Waals surface area (Å²) < 4.78 is 4.74. The second kappa shape index (κ2) is 3.59. The first-order chi connectivity index (χ1) is 8.25. The van der Waals surface area contributed by atoms with Gasteiger partial charge < -0.3 is 9.84 Å². The van der Waals surface area contributed by atoms with Crippen LogP contribution < -0.4 is 0 Å². The van der Waals surface area contributed by atoms with E-state index in [1.807, 2.05) is 30.3 Å². The van der Waals surface area contributed by atoms with Crippen molar-refractivity contribution in [3.63, 3.8) is 0 Å². The molecular formula is C13H9NO3. The van der Waals surface area contributed by atoms with Gasteiger partial charge in [0.25, 0.3) is 0 Å². The number of nitrogens with zero attached hydrogens (tertiary/aromatic N) is 1. The largest absolute Gasteiger partial charge is 0.508 e. The molecule has 0 spiro atoms. The second-order valence-corrected chi connectivity index (χ2v) is 3.79. The van der Waals surface area contributed by atoms with Crippen molar-refractivity contribution < 1.29 is 14.6 Å². The SMILES string of the molecule is O=C1OCC(O)=C1c1ccc2ccccc2n1. The number of carbonyl (C=O) groups is 1. The van der Waals surface area contributed by atoms with Crippen LogP contribution in [0, 0.1) is 0 Å². The molecule has 0 bridgehead atoms. The molecule has 84 valence electrons. The van der Waals surface area contributed by atoms with Gasteiger partial charge in [0.15, 0.2) is 0 Å². The Bertz CT molecular complexity index is 646. The summed E-state index contributed by atoms with van der Waals surface area (Å²) in [7, 11) is 0. The minimum atomic E-state index is -0.523. The van der Waals surface area contributed by atoms with Gasteiger partial charge in [0.1, 0.15) is 17.9 Å². The maximum atomic E-state index is 11.4. The molecule has 1 aliphatic rings. The van der Waals surface area contributed by atoms with Crippen LogP contribution >= 0.6 is 0 Å². The van der Waals surface area contributed by atoms with Gasteiger partial charge in [0.2, 0.25) is 0 Å². The Morgan fingerprint density at radius 1 is 1.18 bits per heavy atom. The molecule has 0 unspecified atom stereocenters. The summed E-state index contributed by atoms with van der Waals surface area (Å²) in [6, 6.07) is 11.2. The normalized spacial score (nSPS) is 15.4. The summed E-state index contributed by atoms with van der Waals surface area (Å²) in [6.07, 6.45) is 0. The van der Waals surface area contributed by atoms with E-state index in [2.05, 4.69) is 4.98 Å². The number of aromatic nitrogens is 1. The summed E-state index contributed by atoms with van der Waals surface area (Å²) in [5.74, 6) is -0.580. The molecular weight excluding hydrogens is 218 g/mol. The molecule has 0 atom stereocenters. The fourth-order valence-electron chi connectivity index (χ4n) is 1.85. The number of hydrogen-bond donors (Lipinski definition) is 1. The lowest BCUT2D eigenvalue weighted by atomic mass is 10.1. The minimum Gasteiger partial charge on any atom is -0.508 e. The zero-order valence-electron chi connectivity index (χ0n) is 8.88. The van der Waals surface area contributed by atoms with Gasteiger partial charge in [-0.3, -0.25) is 0 Å². The summed E-state index contributed by atoms with van der Waals surface area (Å²) in [4.78, 5) is 15.8. The maximum absolute atomic E-state index is 11.4. The molecule has 0 fully saturated rings. The van der Waals surface area contributed by atoms with Crippen LogP contribution in [0.15, 0.2) is 42.2 Å². The van der Waals surface area contributed by atoms with Gasteiger partial charge in [-0.1, -0.05) is 24.3 Å². The van der Waals surface area contributed by atoms with Gasteiger partial charge >= 0.3 is 5.97 Å². The lowest BCUT2D eigenvalue weighted by molar-refractivity contribution is -0.134. The number of fused-ring (bicyclic) bond motifs is 1. The molecule has 1 aromatic carbocycles. The average molecular weight is 227 g/mol. The highest BCUT2D eigenvalue weighted by Crippen LogP contribution is 2.24. The molecule has 4 nitrogen and oxygen atoms in total. The van der Waals surface area contributed by atoms with Crippen LogP contribution in [-0.2, 0) is 9.53 Å². The number of para-hydroxylation sites is 1. The molecule has 0 saturated carbocycles. The van der Waals surface area contributed by atoms with E-state index in [0.717, 1.165) is 10.9 Å². The molecule has 1 aliphatic heterocycles. The Hall–Kier alpha value is -2.36. The summed E-state index contributed by atoms with van der Waals surface area (Å²) in [5.41, 5.74) is 1.39. The first-order valence-corrected chi connectivity index (χ1v) is 5.21. The van der Waals surface area contributed by atoms with Crippen LogP contribution in [0.3, 0.4) is 0 Å². The summed E-state index contributed by atoms with van der Waals surface area (Å²) >= 11 is 0. The molecule has 0 amide bonds. The number of carbonyl (C=O) groups excluding carboxylic acids is 1. The van der Waals surface area contributed by atoms with E-state index in [1.54, 1.807) is 6.07 Å². The van der Waals surface area contributed by atoms with Crippen LogP contribution in [0.5, 0.6) is 0 Å². The molecule has 3 rings (SSSR count). The van der Waals surface area contributed by atoms with Crippen LogP contribution in [0.2, 0.25) is 0 Å². The number of aliphatic hydroxyl groups is 1. The highest BCUT2D eigenvalue weighted by molar-refractivity contribution is 6.18. The number of hydrogen-bond acceptors (Lipinski definition) is 4. The Kier molecular flexibility index (Phi) is 2.08. The topological polar surface area (TPSA) is 59.4 Å². The van der Waals surface area contributed by atoms with E-state index in [0.29, 0.717) is 5.69 Å². The number of benzene rings is 1. The second-order valence-electron chi connectivity index (χ2n) is 3.79. The first kappa shape index (κ1) is 9.84. The third-order valence-electron chi connectivity index (χ3n) is 2.69. The Morgan fingerprint density at radius 3 is 2.76 bits per heavy atom. The van der Waals surface area contributed by atoms with Crippen molar-refractivity contribution >= 4 is 22.4 Å². The highest BCUT2D eigenvalue weighted by atomic mass is 16.5. The van der Waals surface area contributed by atoms with Crippen molar-refractivity contribution in [3.05, 3.63) is 47.9 Å². The Balaban J connectivity index is 2.19. The predicted octanol–water partition coefficient (Wildman–Crippen LogP) is 2.06. The van der Waals surface area contributed by atoms with E-state index < -0.39 is 5.97 Å². The monoisotopic (exact) mass is 227 g/mol. The lowest BCUT2D eigenvalue weighted by Gasteiger charge is -2.01. The van der Waals surface area contributed by atoms with Gasteiger partial charge in [0.05, 0.1) is 11.2 Å². The average Bonchev–Trinajstić information content (AvgIpc) is 2.68. The fraction of sp³-hybridized carbons (Fsp3) is 0.0769. The fourth-order valence-corrected chi connectivity index (χ4v) is 1.85. The molecule has 0 radical (unpaired) electrons. The number of esters is 1. The Morgan fingerprint density at radius 2 is 2.00 bits per heavy atom. The van der Waals surface area contributed by atoms with E-state index in [-0.39, 0.29) is 17.9 Å². The number of pyridine rings is 1.